The number of hydrogen-bond acceptors (Lipinski definition) is 4. The Balaban J connectivity index is 1.85. The molecule has 0 bridgehead atoms. The molecule has 2 heterocycles. The Morgan fingerprint density at radius 1 is 1.21 bits per heavy atom. The Bertz CT molecular complexity index is 693. The highest BCUT2D eigenvalue weighted by molar-refractivity contribution is 6.04. The van der Waals surface area contributed by atoms with E-state index < -0.39 is 0 Å². The van der Waals surface area contributed by atoms with Gasteiger partial charge in [0.15, 0.2) is 11.5 Å². The van der Waals surface area contributed by atoms with Gasteiger partial charge in [-0.3, -0.25) is 9.59 Å². The minimum Gasteiger partial charge on any atom is -0.454 e. The van der Waals surface area contributed by atoms with E-state index in [0.717, 1.165) is 0 Å². The first-order valence-corrected chi connectivity index (χ1v) is 5.63. The van der Waals surface area contributed by atoms with Crippen LogP contribution in [0.1, 0.15) is 10.4 Å². The summed E-state index contributed by atoms with van der Waals surface area (Å²) in [6, 6.07) is 8.02. The van der Waals surface area contributed by atoms with Gasteiger partial charge in [-0.15, -0.1) is 0 Å². The molecule has 0 saturated heterocycles. The van der Waals surface area contributed by atoms with Gasteiger partial charge >= 0.3 is 0 Å². The summed E-state index contributed by atoms with van der Waals surface area (Å²) in [4.78, 5) is 25.9. The number of carbonyl (C=O) groups excluding carboxylic acids is 1. The van der Waals surface area contributed by atoms with Gasteiger partial charge in [0.05, 0.1) is 0 Å². The van der Waals surface area contributed by atoms with Crippen molar-refractivity contribution in [2.24, 2.45) is 0 Å². The fourth-order valence-electron chi connectivity index (χ4n) is 1.75. The maximum absolute atomic E-state index is 12.0. The summed E-state index contributed by atoms with van der Waals surface area (Å²) in [6.07, 6.45) is 1.50. The van der Waals surface area contributed by atoms with Crippen LogP contribution in [0, 0.1) is 0 Å². The summed E-state index contributed by atoms with van der Waals surface area (Å²) in [7, 11) is 0. The van der Waals surface area contributed by atoms with E-state index in [9.17, 15) is 9.59 Å². The fourth-order valence-corrected chi connectivity index (χ4v) is 1.75. The number of benzene rings is 1. The van der Waals surface area contributed by atoms with E-state index >= 15 is 0 Å². The highest BCUT2D eigenvalue weighted by Gasteiger charge is 2.16. The molecule has 1 aliphatic heterocycles. The molecule has 0 fully saturated rings. The van der Waals surface area contributed by atoms with Crippen molar-refractivity contribution in [2.75, 3.05) is 12.1 Å². The minimum atomic E-state index is -0.380. The van der Waals surface area contributed by atoms with Crippen LogP contribution in [0.3, 0.4) is 0 Å². The number of pyridine rings is 1. The Kier molecular flexibility index (Phi) is 2.68. The van der Waals surface area contributed by atoms with E-state index in [4.69, 9.17) is 9.47 Å². The van der Waals surface area contributed by atoms with Crippen LogP contribution < -0.4 is 20.3 Å². The van der Waals surface area contributed by atoms with Crippen molar-refractivity contribution >= 4 is 11.6 Å². The second kappa shape index (κ2) is 4.49. The lowest BCUT2D eigenvalue weighted by atomic mass is 10.2. The standard InChI is InChI=1S/C13H10N2O4/c16-12(15-9-2-1-5-14-13(9)17)8-3-4-10-11(6-8)19-7-18-10/h1-6H,7H2,(H,14,17)(H,15,16). The number of carbonyl (C=O) groups is 1. The number of aromatic amines is 1. The first kappa shape index (κ1) is 11.3. The number of nitrogens with one attached hydrogen (secondary N) is 2. The Labute approximate surface area is 108 Å². The Morgan fingerprint density at radius 3 is 2.89 bits per heavy atom. The highest BCUT2D eigenvalue weighted by Crippen LogP contribution is 2.32. The number of H-pyrrole nitrogens is 1. The smallest absolute Gasteiger partial charge is 0.271 e. The van der Waals surface area contributed by atoms with E-state index in [2.05, 4.69) is 10.3 Å². The average Bonchev–Trinajstić information content (AvgIpc) is 2.88. The topological polar surface area (TPSA) is 80.4 Å². The van der Waals surface area contributed by atoms with Gasteiger partial charge in [0.1, 0.15) is 5.69 Å². The first-order valence-electron chi connectivity index (χ1n) is 5.63. The normalized spacial score (nSPS) is 12.2. The summed E-state index contributed by atoms with van der Waals surface area (Å²) in [5.41, 5.74) is 0.245. The van der Waals surface area contributed by atoms with Crippen LogP contribution in [0.4, 0.5) is 5.69 Å². The SMILES string of the molecule is O=C(Nc1ccc[nH]c1=O)c1ccc2c(c1)OCO2. The number of amides is 1. The zero-order valence-electron chi connectivity index (χ0n) is 9.80. The van der Waals surface area contributed by atoms with Crippen molar-refractivity contribution in [2.45, 2.75) is 0 Å². The molecule has 0 unspecified atom stereocenters. The molecule has 1 aromatic heterocycles. The van der Waals surface area contributed by atoms with Crippen molar-refractivity contribution in [1.29, 1.82) is 0 Å². The van der Waals surface area contributed by atoms with Crippen LogP contribution in [-0.4, -0.2) is 17.7 Å². The summed E-state index contributed by atoms with van der Waals surface area (Å²) >= 11 is 0. The molecule has 6 heteroatoms. The molecule has 0 radical (unpaired) electrons. The molecule has 1 aliphatic rings. The van der Waals surface area contributed by atoms with Gasteiger partial charge in [0.2, 0.25) is 6.79 Å². The number of hydrogen-bond donors (Lipinski definition) is 2. The number of aromatic nitrogens is 1. The molecule has 3 rings (SSSR count). The molecule has 0 atom stereocenters. The van der Waals surface area contributed by atoms with E-state index in [-0.39, 0.29) is 23.9 Å². The van der Waals surface area contributed by atoms with Crippen LogP contribution >= 0.6 is 0 Å². The summed E-state index contributed by atoms with van der Waals surface area (Å²) in [6.45, 7) is 0.152. The van der Waals surface area contributed by atoms with E-state index in [1.807, 2.05) is 0 Å². The third-order valence-electron chi connectivity index (χ3n) is 2.70. The van der Waals surface area contributed by atoms with Crippen molar-refractivity contribution in [3.63, 3.8) is 0 Å². The number of fused-ring (bicyclic) bond motifs is 1. The molecule has 2 aromatic rings. The van der Waals surface area contributed by atoms with E-state index in [1.165, 1.54) is 12.3 Å². The van der Waals surface area contributed by atoms with Crippen LogP contribution in [0.15, 0.2) is 41.3 Å². The van der Waals surface area contributed by atoms with Crippen LogP contribution in [-0.2, 0) is 0 Å². The molecule has 2 N–H and O–H groups in total. The molecule has 0 aliphatic carbocycles. The summed E-state index contributed by atoms with van der Waals surface area (Å²) in [5.74, 6) is 0.749. The van der Waals surface area contributed by atoms with Crippen molar-refractivity contribution in [3.8, 4) is 11.5 Å². The molecular formula is C13H10N2O4. The largest absolute Gasteiger partial charge is 0.454 e. The lowest BCUT2D eigenvalue weighted by Gasteiger charge is -2.04. The maximum Gasteiger partial charge on any atom is 0.271 e. The van der Waals surface area contributed by atoms with Crippen molar-refractivity contribution < 1.29 is 14.3 Å². The quantitative estimate of drug-likeness (QED) is 0.852. The molecule has 0 spiro atoms. The predicted molar refractivity (Wildman–Crippen MR) is 67.6 cm³/mol. The monoisotopic (exact) mass is 258 g/mol. The van der Waals surface area contributed by atoms with Gasteiger partial charge < -0.3 is 19.8 Å². The predicted octanol–water partition coefficient (Wildman–Crippen LogP) is 1.36. The molecule has 96 valence electrons. The first-order chi connectivity index (χ1) is 9.24. The average molecular weight is 258 g/mol. The van der Waals surface area contributed by atoms with Gasteiger partial charge in [-0.1, -0.05) is 0 Å². The van der Waals surface area contributed by atoms with E-state index in [0.29, 0.717) is 17.1 Å². The van der Waals surface area contributed by atoms with E-state index in [1.54, 1.807) is 24.3 Å². The zero-order valence-corrected chi connectivity index (χ0v) is 9.80. The lowest BCUT2D eigenvalue weighted by molar-refractivity contribution is 0.102. The van der Waals surface area contributed by atoms with Crippen molar-refractivity contribution in [1.82, 2.24) is 4.98 Å². The number of anilines is 1. The van der Waals surface area contributed by atoms with Gasteiger partial charge in [-0.25, -0.2) is 0 Å². The Morgan fingerprint density at radius 2 is 2.05 bits per heavy atom. The molecule has 6 nitrogen and oxygen atoms in total. The van der Waals surface area contributed by atoms with Crippen molar-refractivity contribution in [3.05, 3.63) is 52.4 Å². The third kappa shape index (κ3) is 2.15. The highest BCUT2D eigenvalue weighted by atomic mass is 16.7. The van der Waals surface area contributed by atoms with Crippen LogP contribution in [0.5, 0.6) is 11.5 Å². The van der Waals surface area contributed by atoms with Crippen LogP contribution in [0.2, 0.25) is 0 Å². The molecule has 19 heavy (non-hydrogen) atoms. The van der Waals surface area contributed by atoms with Gasteiger partial charge in [-0.05, 0) is 30.3 Å². The van der Waals surface area contributed by atoms with Gasteiger partial charge in [0.25, 0.3) is 11.5 Å². The molecule has 0 saturated carbocycles. The molecular weight excluding hydrogens is 248 g/mol. The number of ether oxygens (including phenoxy) is 2. The second-order valence-corrected chi connectivity index (χ2v) is 3.94. The molecule has 1 aromatic carbocycles. The maximum atomic E-state index is 12.0. The summed E-state index contributed by atoms with van der Waals surface area (Å²) < 4.78 is 10.4. The van der Waals surface area contributed by atoms with Gasteiger partial charge in [-0.2, -0.15) is 0 Å². The summed E-state index contributed by atoms with van der Waals surface area (Å²) in [5, 5.41) is 2.54. The third-order valence-corrected chi connectivity index (χ3v) is 2.70. The minimum absolute atomic E-state index is 0.152. The second-order valence-electron chi connectivity index (χ2n) is 3.94. The Hall–Kier alpha value is -2.76. The van der Waals surface area contributed by atoms with Gasteiger partial charge in [0, 0.05) is 11.8 Å². The molecule has 1 amide bonds. The van der Waals surface area contributed by atoms with Crippen LogP contribution in [0.25, 0.3) is 0 Å². The lowest BCUT2D eigenvalue weighted by Crippen LogP contribution is -2.19. The number of rotatable bonds is 2. The fraction of sp³-hybridized carbons (Fsp3) is 0.0769. The zero-order chi connectivity index (χ0) is 13.2.